The number of thiophene rings is 1. The van der Waals surface area contributed by atoms with Crippen molar-refractivity contribution in [1.82, 2.24) is 4.98 Å². The average molecular weight is 245 g/mol. The standard InChI is InChI=1S/C10H6F3NOS/c11-10(12,13)7-4-5-9(16-7)15-8-3-1-2-6-14-8/h1-6H. The molecule has 0 radical (unpaired) electrons. The summed E-state index contributed by atoms with van der Waals surface area (Å²) < 4.78 is 42.0. The van der Waals surface area contributed by atoms with Crippen LogP contribution in [0.3, 0.4) is 0 Å². The van der Waals surface area contributed by atoms with Crippen molar-refractivity contribution in [1.29, 1.82) is 0 Å². The molecule has 6 heteroatoms. The molecular weight excluding hydrogens is 239 g/mol. The van der Waals surface area contributed by atoms with Crippen molar-refractivity contribution in [3.05, 3.63) is 41.4 Å². The van der Waals surface area contributed by atoms with Crippen LogP contribution in [-0.4, -0.2) is 4.98 Å². The van der Waals surface area contributed by atoms with Gasteiger partial charge in [-0.3, -0.25) is 0 Å². The number of hydrogen-bond acceptors (Lipinski definition) is 3. The number of pyridine rings is 1. The third kappa shape index (κ3) is 2.52. The first kappa shape index (κ1) is 10.9. The summed E-state index contributed by atoms with van der Waals surface area (Å²) in [6.45, 7) is 0. The number of halogens is 3. The fourth-order valence-electron chi connectivity index (χ4n) is 1.04. The Morgan fingerprint density at radius 1 is 1.12 bits per heavy atom. The van der Waals surface area contributed by atoms with Gasteiger partial charge in [0.05, 0.1) is 0 Å². The zero-order chi connectivity index (χ0) is 11.6. The topological polar surface area (TPSA) is 22.1 Å². The van der Waals surface area contributed by atoms with Crippen LogP contribution in [0, 0.1) is 0 Å². The van der Waals surface area contributed by atoms with Gasteiger partial charge in [-0.2, -0.15) is 13.2 Å². The SMILES string of the molecule is FC(F)(F)c1ccc(Oc2ccccn2)s1. The molecule has 2 nitrogen and oxygen atoms in total. The molecule has 84 valence electrons. The van der Waals surface area contributed by atoms with Crippen molar-refractivity contribution in [2.45, 2.75) is 6.18 Å². The van der Waals surface area contributed by atoms with Gasteiger partial charge in [0.2, 0.25) is 5.88 Å². The monoisotopic (exact) mass is 245 g/mol. The summed E-state index contributed by atoms with van der Waals surface area (Å²) in [5, 5.41) is 0.172. The van der Waals surface area contributed by atoms with Crippen LogP contribution in [0.1, 0.15) is 4.88 Å². The van der Waals surface area contributed by atoms with Gasteiger partial charge in [-0.1, -0.05) is 17.4 Å². The molecule has 16 heavy (non-hydrogen) atoms. The van der Waals surface area contributed by atoms with Gasteiger partial charge in [-0.15, -0.1) is 0 Å². The molecule has 0 aliphatic heterocycles. The van der Waals surface area contributed by atoms with E-state index >= 15 is 0 Å². The van der Waals surface area contributed by atoms with Crippen molar-refractivity contribution in [3.63, 3.8) is 0 Å². The second-order valence-corrected chi connectivity index (χ2v) is 3.93. The van der Waals surface area contributed by atoms with Crippen LogP contribution < -0.4 is 4.74 Å². The summed E-state index contributed by atoms with van der Waals surface area (Å²) >= 11 is 0.547. The van der Waals surface area contributed by atoms with Crippen LogP contribution in [0.4, 0.5) is 13.2 Å². The van der Waals surface area contributed by atoms with Gasteiger partial charge in [0.15, 0.2) is 5.06 Å². The largest absolute Gasteiger partial charge is 0.428 e. The highest BCUT2D eigenvalue weighted by Gasteiger charge is 2.32. The molecular formula is C10H6F3NOS. The first-order chi connectivity index (χ1) is 7.55. The van der Waals surface area contributed by atoms with Gasteiger partial charge in [-0.25, -0.2) is 4.98 Å². The van der Waals surface area contributed by atoms with E-state index in [9.17, 15) is 13.2 Å². The fraction of sp³-hybridized carbons (Fsp3) is 0.100. The Kier molecular flexibility index (Phi) is 2.82. The predicted molar refractivity (Wildman–Crippen MR) is 53.6 cm³/mol. The van der Waals surface area contributed by atoms with Crippen LogP contribution in [0.15, 0.2) is 36.5 Å². The lowest BCUT2D eigenvalue weighted by molar-refractivity contribution is -0.134. The molecule has 0 saturated carbocycles. The maximum Gasteiger partial charge on any atom is 0.425 e. The second kappa shape index (κ2) is 4.13. The lowest BCUT2D eigenvalue weighted by Crippen LogP contribution is -2.00. The normalized spacial score (nSPS) is 11.4. The molecule has 0 aromatic carbocycles. The van der Waals surface area contributed by atoms with Gasteiger partial charge >= 0.3 is 6.18 Å². The molecule has 2 aromatic rings. The summed E-state index contributed by atoms with van der Waals surface area (Å²) in [6, 6.07) is 7.24. The van der Waals surface area contributed by atoms with Gasteiger partial charge in [0, 0.05) is 12.3 Å². The van der Waals surface area contributed by atoms with Gasteiger partial charge < -0.3 is 4.74 Å². The minimum atomic E-state index is -4.32. The minimum Gasteiger partial charge on any atom is -0.428 e. The molecule has 0 spiro atoms. The van der Waals surface area contributed by atoms with E-state index < -0.39 is 11.1 Å². The molecule has 2 aromatic heterocycles. The smallest absolute Gasteiger partial charge is 0.425 e. The highest BCUT2D eigenvalue weighted by molar-refractivity contribution is 7.13. The molecule has 0 amide bonds. The Morgan fingerprint density at radius 3 is 2.50 bits per heavy atom. The highest BCUT2D eigenvalue weighted by atomic mass is 32.1. The molecule has 0 unspecified atom stereocenters. The van der Waals surface area contributed by atoms with E-state index in [2.05, 4.69) is 4.98 Å². The predicted octanol–water partition coefficient (Wildman–Crippen LogP) is 3.95. The summed E-state index contributed by atoms with van der Waals surface area (Å²) in [5.41, 5.74) is 0. The number of hydrogen-bond donors (Lipinski definition) is 0. The van der Waals surface area contributed by atoms with E-state index in [1.165, 1.54) is 12.3 Å². The summed E-state index contributed by atoms with van der Waals surface area (Å²) in [6.07, 6.45) is -2.82. The van der Waals surface area contributed by atoms with Crippen LogP contribution in [-0.2, 0) is 6.18 Å². The molecule has 0 saturated heterocycles. The van der Waals surface area contributed by atoms with Crippen LogP contribution >= 0.6 is 11.3 Å². The molecule has 0 aliphatic carbocycles. The van der Waals surface area contributed by atoms with Crippen molar-refractivity contribution >= 4 is 11.3 Å². The second-order valence-electron chi connectivity index (χ2n) is 2.89. The Balaban J connectivity index is 2.15. The van der Waals surface area contributed by atoms with Crippen molar-refractivity contribution in [3.8, 4) is 10.9 Å². The molecule has 2 rings (SSSR count). The van der Waals surface area contributed by atoms with E-state index in [4.69, 9.17) is 4.74 Å². The van der Waals surface area contributed by atoms with Crippen LogP contribution in [0.5, 0.6) is 10.9 Å². The number of aromatic nitrogens is 1. The van der Waals surface area contributed by atoms with E-state index in [0.717, 1.165) is 6.07 Å². The minimum absolute atomic E-state index is 0.172. The molecule has 2 heterocycles. The van der Waals surface area contributed by atoms with Crippen molar-refractivity contribution < 1.29 is 17.9 Å². The summed E-state index contributed by atoms with van der Waals surface area (Å²) in [5.74, 6) is 0.276. The molecule has 0 fully saturated rings. The highest BCUT2D eigenvalue weighted by Crippen LogP contribution is 2.38. The third-order valence-corrected chi connectivity index (χ3v) is 2.71. The number of alkyl halides is 3. The maximum absolute atomic E-state index is 12.3. The molecule has 0 N–H and O–H groups in total. The Morgan fingerprint density at radius 2 is 1.94 bits per heavy atom. The van der Waals surface area contributed by atoms with Gasteiger partial charge in [0.25, 0.3) is 0 Å². The third-order valence-electron chi connectivity index (χ3n) is 1.70. The number of ether oxygens (including phenoxy) is 1. The lowest BCUT2D eigenvalue weighted by Gasteiger charge is -2.01. The van der Waals surface area contributed by atoms with Crippen LogP contribution in [0.2, 0.25) is 0 Å². The quantitative estimate of drug-likeness (QED) is 0.799. The Hall–Kier alpha value is -1.56. The molecule has 0 bridgehead atoms. The van der Waals surface area contributed by atoms with Crippen molar-refractivity contribution in [2.75, 3.05) is 0 Å². The maximum atomic E-state index is 12.3. The van der Waals surface area contributed by atoms with Gasteiger partial charge in [-0.05, 0) is 18.2 Å². The van der Waals surface area contributed by atoms with E-state index in [-0.39, 0.29) is 10.9 Å². The Labute approximate surface area is 93.3 Å². The number of rotatable bonds is 2. The number of nitrogens with zero attached hydrogens (tertiary/aromatic N) is 1. The average Bonchev–Trinajstić information content (AvgIpc) is 2.67. The summed E-state index contributed by atoms with van der Waals surface area (Å²) in [4.78, 5) is 3.17. The van der Waals surface area contributed by atoms with Crippen molar-refractivity contribution in [2.24, 2.45) is 0 Å². The van der Waals surface area contributed by atoms with E-state index in [1.807, 2.05) is 0 Å². The molecule has 0 atom stereocenters. The zero-order valence-electron chi connectivity index (χ0n) is 7.86. The summed E-state index contributed by atoms with van der Waals surface area (Å²) in [7, 11) is 0. The zero-order valence-corrected chi connectivity index (χ0v) is 8.68. The first-order valence-corrected chi connectivity index (χ1v) is 5.13. The van der Waals surface area contributed by atoms with Gasteiger partial charge in [0.1, 0.15) is 4.88 Å². The first-order valence-electron chi connectivity index (χ1n) is 4.31. The fourth-order valence-corrected chi connectivity index (χ4v) is 1.77. The van der Waals surface area contributed by atoms with E-state index in [1.54, 1.807) is 18.2 Å². The van der Waals surface area contributed by atoms with Crippen LogP contribution in [0.25, 0.3) is 0 Å². The Bertz CT molecular complexity index is 466. The lowest BCUT2D eigenvalue weighted by atomic mass is 10.4. The van der Waals surface area contributed by atoms with E-state index in [0.29, 0.717) is 11.3 Å². The molecule has 0 aliphatic rings.